The van der Waals surface area contributed by atoms with Gasteiger partial charge in [0.1, 0.15) is 0 Å². The monoisotopic (exact) mass is 227 g/mol. The van der Waals surface area contributed by atoms with E-state index in [4.69, 9.17) is 0 Å². The van der Waals surface area contributed by atoms with Crippen LogP contribution in [0, 0.1) is 5.92 Å². The van der Waals surface area contributed by atoms with Crippen molar-refractivity contribution in [1.82, 2.24) is 5.32 Å². The van der Waals surface area contributed by atoms with E-state index in [2.05, 4.69) is 30.3 Å². The van der Waals surface area contributed by atoms with Crippen molar-refractivity contribution < 1.29 is 0 Å². The summed E-state index contributed by atoms with van der Waals surface area (Å²) in [5, 5.41) is 4.80. The maximum Gasteiger partial charge on any atom is 0.0198 e. The summed E-state index contributed by atoms with van der Waals surface area (Å²) in [6.45, 7) is 2.31. The summed E-state index contributed by atoms with van der Waals surface area (Å²) < 4.78 is 0. The van der Waals surface area contributed by atoms with Gasteiger partial charge in [-0.3, -0.25) is 0 Å². The SMILES string of the molecule is CCCC1CC1NC1CCCCC1SC. The predicted molar refractivity (Wildman–Crippen MR) is 69.5 cm³/mol. The highest BCUT2D eigenvalue weighted by Crippen LogP contribution is 2.37. The van der Waals surface area contributed by atoms with E-state index in [1.807, 2.05) is 0 Å². The zero-order valence-electron chi connectivity index (χ0n) is 10.2. The average Bonchev–Trinajstić information content (AvgIpc) is 2.98. The Morgan fingerprint density at radius 2 is 2.00 bits per heavy atom. The molecule has 2 saturated carbocycles. The molecule has 2 rings (SSSR count). The van der Waals surface area contributed by atoms with Gasteiger partial charge in [-0.15, -0.1) is 0 Å². The molecule has 2 aliphatic rings. The fourth-order valence-electron chi connectivity index (χ4n) is 2.99. The molecule has 2 heteroatoms. The molecule has 1 nitrogen and oxygen atoms in total. The highest BCUT2D eigenvalue weighted by molar-refractivity contribution is 7.99. The first-order valence-corrected chi connectivity index (χ1v) is 7.92. The van der Waals surface area contributed by atoms with Gasteiger partial charge in [-0.2, -0.15) is 11.8 Å². The molecular weight excluding hydrogens is 202 g/mol. The minimum atomic E-state index is 0.820. The Morgan fingerprint density at radius 1 is 1.20 bits per heavy atom. The number of nitrogens with one attached hydrogen (secondary N) is 1. The first-order chi connectivity index (χ1) is 7.35. The van der Waals surface area contributed by atoms with Crippen molar-refractivity contribution in [2.45, 2.75) is 69.2 Å². The Labute approximate surface area is 98.8 Å². The molecule has 1 N–H and O–H groups in total. The van der Waals surface area contributed by atoms with Crippen molar-refractivity contribution in [1.29, 1.82) is 0 Å². The lowest BCUT2D eigenvalue weighted by Gasteiger charge is -2.31. The fraction of sp³-hybridized carbons (Fsp3) is 1.00. The number of hydrogen-bond acceptors (Lipinski definition) is 2. The maximum atomic E-state index is 3.91. The second kappa shape index (κ2) is 5.58. The van der Waals surface area contributed by atoms with Crippen molar-refractivity contribution in [3.05, 3.63) is 0 Å². The van der Waals surface area contributed by atoms with Crippen molar-refractivity contribution in [2.24, 2.45) is 5.92 Å². The van der Waals surface area contributed by atoms with Crippen LogP contribution in [0.5, 0.6) is 0 Å². The molecule has 0 aromatic heterocycles. The molecular formula is C13H25NS. The third kappa shape index (κ3) is 3.13. The number of thioether (sulfide) groups is 1. The van der Waals surface area contributed by atoms with Gasteiger partial charge in [0.25, 0.3) is 0 Å². The molecule has 0 amide bonds. The molecule has 0 spiro atoms. The van der Waals surface area contributed by atoms with E-state index < -0.39 is 0 Å². The summed E-state index contributed by atoms with van der Waals surface area (Å²) in [6.07, 6.45) is 12.3. The smallest absolute Gasteiger partial charge is 0.0198 e. The van der Waals surface area contributed by atoms with E-state index in [-0.39, 0.29) is 0 Å². The zero-order chi connectivity index (χ0) is 10.7. The molecule has 0 aromatic carbocycles. The van der Waals surface area contributed by atoms with E-state index >= 15 is 0 Å². The van der Waals surface area contributed by atoms with Gasteiger partial charge in [0.2, 0.25) is 0 Å². The lowest BCUT2D eigenvalue weighted by Crippen LogP contribution is -2.42. The van der Waals surface area contributed by atoms with Crippen LogP contribution in [-0.2, 0) is 0 Å². The molecule has 0 saturated heterocycles. The van der Waals surface area contributed by atoms with Gasteiger partial charge in [-0.1, -0.05) is 26.2 Å². The molecule has 0 aliphatic heterocycles. The van der Waals surface area contributed by atoms with E-state index in [9.17, 15) is 0 Å². The molecule has 0 bridgehead atoms. The molecule has 4 atom stereocenters. The molecule has 2 fully saturated rings. The standard InChI is InChI=1S/C13H25NS/c1-3-6-10-9-12(10)14-11-7-4-5-8-13(11)15-2/h10-14H,3-9H2,1-2H3. The molecule has 4 unspecified atom stereocenters. The normalized spacial score (nSPS) is 40.4. The summed E-state index contributed by atoms with van der Waals surface area (Å²) in [5.74, 6) is 1.01. The Morgan fingerprint density at radius 3 is 2.73 bits per heavy atom. The third-order valence-electron chi connectivity index (χ3n) is 4.02. The van der Waals surface area contributed by atoms with Crippen LogP contribution < -0.4 is 5.32 Å². The maximum absolute atomic E-state index is 3.91. The van der Waals surface area contributed by atoms with Crippen molar-refractivity contribution in [3.63, 3.8) is 0 Å². The average molecular weight is 227 g/mol. The summed E-state index contributed by atoms with van der Waals surface area (Å²) in [4.78, 5) is 0. The third-order valence-corrected chi connectivity index (χ3v) is 5.19. The zero-order valence-corrected chi connectivity index (χ0v) is 11.0. The predicted octanol–water partition coefficient (Wildman–Crippen LogP) is 3.44. The van der Waals surface area contributed by atoms with Crippen molar-refractivity contribution >= 4 is 11.8 Å². The highest BCUT2D eigenvalue weighted by Gasteiger charge is 2.38. The fourth-order valence-corrected chi connectivity index (χ4v) is 3.93. The van der Waals surface area contributed by atoms with Crippen LogP contribution in [0.25, 0.3) is 0 Å². The topological polar surface area (TPSA) is 12.0 Å². The Kier molecular flexibility index (Phi) is 4.39. The lowest BCUT2D eigenvalue weighted by atomic mass is 9.94. The summed E-state index contributed by atoms with van der Waals surface area (Å²) >= 11 is 2.08. The lowest BCUT2D eigenvalue weighted by molar-refractivity contribution is 0.374. The largest absolute Gasteiger partial charge is 0.310 e. The van der Waals surface area contributed by atoms with Crippen molar-refractivity contribution in [2.75, 3.05) is 6.26 Å². The van der Waals surface area contributed by atoms with Gasteiger partial charge < -0.3 is 5.32 Å². The molecule has 0 heterocycles. The van der Waals surface area contributed by atoms with E-state index in [0.717, 1.165) is 23.3 Å². The van der Waals surface area contributed by atoms with Gasteiger partial charge >= 0.3 is 0 Å². The first kappa shape index (κ1) is 11.8. The summed E-state index contributed by atoms with van der Waals surface area (Å²) in [5.41, 5.74) is 0. The minimum absolute atomic E-state index is 0.820. The van der Waals surface area contributed by atoms with Gasteiger partial charge in [-0.05, 0) is 37.9 Å². The number of hydrogen-bond donors (Lipinski definition) is 1. The molecule has 0 radical (unpaired) electrons. The number of rotatable bonds is 5. The summed E-state index contributed by atoms with van der Waals surface area (Å²) in [7, 11) is 0. The Hall–Kier alpha value is 0.310. The van der Waals surface area contributed by atoms with E-state index in [0.29, 0.717) is 0 Å². The summed E-state index contributed by atoms with van der Waals surface area (Å²) in [6, 6.07) is 1.70. The minimum Gasteiger partial charge on any atom is -0.310 e. The van der Waals surface area contributed by atoms with E-state index in [1.165, 1.54) is 44.9 Å². The second-order valence-corrected chi connectivity index (χ2v) is 6.30. The van der Waals surface area contributed by atoms with Crippen LogP contribution in [0.3, 0.4) is 0 Å². The van der Waals surface area contributed by atoms with Gasteiger partial charge in [0.15, 0.2) is 0 Å². The van der Waals surface area contributed by atoms with E-state index in [1.54, 1.807) is 0 Å². The quantitative estimate of drug-likeness (QED) is 0.772. The highest BCUT2D eigenvalue weighted by atomic mass is 32.2. The molecule has 2 aliphatic carbocycles. The van der Waals surface area contributed by atoms with Crippen molar-refractivity contribution in [3.8, 4) is 0 Å². The Bertz CT molecular complexity index is 195. The van der Waals surface area contributed by atoms with Crippen LogP contribution in [0.4, 0.5) is 0 Å². The van der Waals surface area contributed by atoms with Gasteiger partial charge in [0.05, 0.1) is 0 Å². The van der Waals surface area contributed by atoms with Crippen LogP contribution >= 0.6 is 11.8 Å². The first-order valence-electron chi connectivity index (χ1n) is 6.64. The van der Waals surface area contributed by atoms with Crippen LogP contribution in [0.15, 0.2) is 0 Å². The second-order valence-electron chi connectivity index (χ2n) is 5.22. The molecule has 15 heavy (non-hydrogen) atoms. The molecule has 88 valence electrons. The van der Waals surface area contributed by atoms with Crippen LogP contribution in [0.1, 0.15) is 51.9 Å². The van der Waals surface area contributed by atoms with Gasteiger partial charge in [0, 0.05) is 17.3 Å². The van der Waals surface area contributed by atoms with Crippen LogP contribution in [-0.4, -0.2) is 23.6 Å². The van der Waals surface area contributed by atoms with Gasteiger partial charge in [-0.25, -0.2) is 0 Å². The molecule has 0 aromatic rings. The Balaban J connectivity index is 1.73. The van der Waals surface area contributed by atoms with Crippen LogP contribution in [0.2, 0.25) is 0 Å².